The summed E-state index contributed by atoms with van der Waals surface area (Å²) in [5, 5.41) is 4.17. The minimum atomic E-state index is 0.779. The van der Waals surface area contributed by atoms with Gasteiger partial charge in [0.05, 0.1) is 0 Å². The van der Waals surface area contributed by atoms with Crippen molar-refractivity contribution in [1.29, 1.82) is 0 Å². The van der Waals surface area contributed by atoms with Crippen molar-refractivity contribution in [3.63, 3.8) is 0 Å². The largest absolute Gasteiger partial charge is 0.316 e. The van der Waals surface area contributed by atoms with Crippen molar-refractivity contribution in [1.82, 2.24) is 5.32 Å². The van der Waals surface area contributed by atoms with E-state index in [1.165, 1.54) is 30.0 Å². The fourth-order valence-electron chi connectivity index (χ4n) is 1.61. The summed E-state index contributed by atoms with van der Waals surface area (Å²) in [5.41, 5.74) is 1.36. The molecule has 0 spiro atoms. The second-order valence-electron chi connectivity index (χ2n) is 3.55. The van der Waals surface area contributed by atoms with Crippen LogP contribution in [0.1, 0.15) is 12.0 Å². The monoisotopic (exact) mass is 193 g/mol. The normalized spacial score (nSPS) is 22.1. The van der Waals surface area contributed by atoms with Gasteiger partial charge in [-0.05, 0) is 32.0 Å². The molecule has 1 N–H and O–H groups in total. The van der Waals surface area contributed by atoms with E-state index in [4.69, 9.17) is 0 Å². The third-order valence-corrected chi connectivity index (χ3v) is 3.57. The third kappa shape index (κ3) is 2.48. The number of rotatable bonds is 2. The van der Waals surface area contributed by atoms with Gasteiger partial charge in [0.2, 0.25) is 0 Å². The molecule has 1 nitrogen and oxygen atoms in total. The first-order valence-electron chi connectivity index (χ1n) is 4.78. The van der Waals surface area contributed by atoms with Gasteiger partial charge in [-0.2, -0.15) is 0 Å². The Morgan fingerprint density at radius 1 is 1.46 bits per heavy atom. The third-order valence-electron chi connectivity index (χ3n) is 2.31. The molecule has 13 heavy (non-hydrogen) atoms. The van der Waals surface area contributed by atoms with Crippen LogP contribution in [0.4, 0.5) is 0 Å². The predicted octanol–water partition coefficient (Wildman–Crippen LogP) is 2.45. The molecule has 0 unspecified atom stereocenters. The van der Waals surface area contributed by atoms with Gasteiger partial charge in [0.15, 0.2) is 0 Å². The van der Waals surface area contributed by atoms with Crippen molar-refractivity contribution < 1.29 is 0 Å². The summed E-state index contributed by atoms with van der Waals surface area (Å²) in [6.45, 7) is 4.50. The molecule has 0 aromatic heterocycles. The summed E-state index contributed by atoms with van der Waals surface area (Å²) in [6, 6.07) is 8.76. The van der Waals surface area contributed by atoms with Gasteiger partial charge in [-0.25, -0.2) is 0 Å². The topological polar surface area (TPSA) is 12.0 Å². The van der Waals surface area contributed by atoms with E-state index in [1.807, 2.05) is 11.8 Å². The summed E-state index contributed by atoms with van der Waals surface area (Å²) < 4.78 is 0. The molecule has 1 aromatic carbocycles. The van der Waals surface area contributed by atoms with Crippen LogP contribution in [-0.2, 0) is 0 Å². The highest BCUT2D eigenvalue weighted by atomic mass is 32.2. The Hall–Kier alpha value is -0.470. The predicted molar refractivity (Wildman–Crippen MR) is 58.3 cm³/mol. The van der Waals surface area contributed by atoms with Crippen molar-refractivity contribution in [2.45, 2.75) is 23.5 Å². The van der Waals surface area contributed by atoms with Crippen molar-refractivity contribution >= 4 is 11.8 Å². The first kappa shape index (κ1) is 9.10. The van der Waals surface area contributed by atoms with Crippen LogP contribution in [0.2, 0.25) is 0 Å². The number of hydrogen-bond donors (Lipinski definition) is 1. The Bertz CT molecular complexity index is 279. The number of thioether (sulfide) groups is 1. The lowest BCUT2D eigenvalue weighted by atomic mass is 10.2. The van der Waals surface area contributed by atoms with Crippen LogP contribution in [0.5, 0.6) is 0 Å². The Kier molecular flexibility index (Phi) is 2.91. The Labute approximate surface area is 83.9 Å². The molecule has 1 atom stereocenters. The van der Waals surface area contributed by atoms with Crippen LogP contribution in [0.15, 0.2) is 29.2 Å². The van der Waals surface area contributed by atoms with Gasteiger partial charge in [0, 0.05) is 16.7 Å². The van der Waals surface area contributed by atoms with E-state index in [1.54, 1.807) is 0 Å². The summed E-state index contributed by atoms with van der Waals surface area (Å²) in [7, 11) is 0. The molecule has 1 fully saturated rings. The Morgan fingerprint density at radius 2 is 2.38 bits per heavy atom. The zero-order valence-corrected chi connectivity index (χ0v) is 8.73. The van der Waals surface area contributed by atoms with Gasteiger partial charge in [-0.15, -0.1) is 11.8 Å². The van der Waals surface area contributed by atoms with Crippen LogP contribution in [0.3, 0.4) is 0 Å². The SMILES string of the molecule is Cc1cccc(S[C@H]2CCNC2)c1. The molecule has 1 aromatic rings. The molecule has 0 saturated carbocycles. The minimum Gasteiger partial charge on any atom is -0.316 e. The van der Waals surface area contributed by atoms with Crippen LogP contribution >= 0.6 is 11.8 Å². The van der Waals surface area contributed by atoms with E-state index in [9.17, 15) is 0 Å². The van der Waals surface area contributed by atoms with E-state index in [2.05, 4.69) is 36.5 Å². The van der Waals surface area contributed by atoms with Gasteiger partial charge in [0.1, 0.15) is 0 Å². The quantitative estimate of drug-likeness (QED) is 0.774. The molecule has 0 radical (unpaired) electrons. The summed E-state index contributed by atoms with van der Waals surface area (Å²) in [5.74, 6) is 0. The smallest absolute Gasteiger partial charge is 0.0231 e. The zero-order chi connectivity index (χ0) is 9.10. The highest BCUT2D eigenvalue weighted by Gasteiger charge is 2.15. The standard InChI is InChI=1S/C11H15NS/c1-9-3-2-4-10(7-9)13-11-5-6-12-8-11/h2-4,7,11-12H,5-6,8H2,1H3/t11-/m0/s1. The lowest BCUT2D eigenvalue weighted by Crippen LogP contribution is -2.09. The van der Waals surface area contributed by atoms with Gasteiger partial charge >= 0.3 is 0 Å². The van der Waals surface area contributed by atoms with Gasteiger partial charge in [-0.1, -0.05) is 17.7 Å². The molecule has 2 rings (SSSR count). The molecule has 1 aliphatic rings. The molecule has 1 saturated heterocycles. The summed E-state index contributed by atoms with van der Waals surface area (Å²) in [6.07, 6.45) is 1.30. The molecule has 0 aliphatic carbocycles. The second-order valence-corrected chi connectivity index (χ2v) is 4.92. The fraction of sp³-hybridized carbons (Fsp3) is 0.455. The lowest BCUT2D eigenvalue weighted by Gasteiger charge is -2.07. The minimum absolute atomic E-state index is 0.779. The van der Waals surface area contributed by atoms with Gasteiger partial charge in [-0.3, -0.25) is 0 Å². The van der Waals surface area contributed by atoms with E-state index in [0.717, 1.165) is 5.25 Å². The molecular formula is C11H15NS. The zero-order valence-electron chi connectivity index (χ0n) is 7.92. The van der Waals surface area contributed by atoms with Gasteiger partial charge in [0.25, 0.3) is 0 Å². The average molecular weight is 193 g/mol. The maximum absolute atomic E-state index is 3.39. The Morgan fingerprint density at radius 3 is 3.08 bits per heavy atom. The fourth-order valence-corrected chi connectivity index (χ4v) is 2.84. The maximum atomic E-state index is 3.39. The van der Waals surface area contributed by atoms with E-state index in [-0.39, 0.29) is 0 Å². The number of hydrogen-bond acceptors (Lipinski definition) is 2. The van der Waals surface area contributed by atoms with E-state index in [0.29, 0.717) is 0 Å². The Balaban J connectivity index is 2.00. The van der Waals surface area contributed by atoms with Crippen molar-refractivity contribution in [3.8, 4) is 0 Å². The lowest BCUT2D eigenvalue weighted by molar-refractivity contribution is 0.858. The molecule has 70 valence electrons. The second kappa shape index (κ2) is 4.16. The molecule has 1 heterocycles. The first-order chi connectivity index (χ1) is 6.34. The molecular weight excluding hydrogens is 178 g/mol. The van der Waals surface area contributed by atoms with Crippen LogP contribution in [0, 0.1) is 6.92 Å². The van der Waals surface area contributed by atoms with Crippen molar-refractivity contribution in [2.75, 3.05) is 13.1 Å². The average Bonchev–Trinajstić information content (AvgIpc) is 2.57. The number of nitrogens with one attached hydrogen (secondary N) is 1. The van der Waals surface area contributed by atoms with E-state index < -0.39 is 0 Å². The molecule has 1 aliphatic heterocycles. The highest BCUT2D eigenvalue weighted by Crippen LogP contribution is 2.27. The highest BCUT2D eigenvalue weighted by molar-refractivity contribution is 8.00. The number of aryl methyl sites for hydroxylation is 1. The summed E-state index contributed by atoms with van der Waals surface area (Å²) in [4.78, 5) is 1.41. The van der Waals surface area contributed by atoms with Crippen molar-refractivity contribution in [2.24, 2.45) is 0 Å². The van der Waals surface area contributed by atoms with Crippen LogP contribution < -0.4 is 5.32 Å². The van der Waals surface area contributed by atoms with Crippen LogP contribution in [0.25, 0.3) is 0 Å². The molecule has 2 heteroatoms. The number of benzene rings is 1. The molecule has 0 bridgehead atoms. The van der Waals surface area contributed by atoms with Crippen LogP contribution in [-0.4, -0.2) is 18.3 Å². The summed E-state index contributed by atoms with van der Waals surface area (Å²) >= 11 is 2.00. The van der Waals surface area contributed by atoms with Gasteiger partial charge < -0.3 is 5.32 Å². The maximum Gasteiger partial charge on any atom is 0.0231 e. The van der Waals surface area contributed by atoms with E-state index >= 15 is 0 Å². The van der Waals surface area contributed by atoms with Crippen molar-refractivity contribution in [3.05, 3.63) is 29.8 Å². The molecule has 0 amide bonds. The first-order valence-corrected chi connectivity index (χ1v) is 5.66.